The second-order valence-corrected chi connectivity index (χ2v) is 3.94. The van der Waals surface area contributed by atoms with E-state index in [1.54, 1.807) is 31.2 Å². The van der Waals surface area contributed by atoms with Crippen LogP contribution in [-0.2, 0) is 16.1 Å². The number of furan rings is 1. The quantitative estimate of drug-likeness (QED) is 0.533. The smallest absolute Gasteiger partial charge is 0.234 e. The maximum atomic E-state index is 11.5. The van der Waals surface area contributed by atoms with Gasteiger partial charge in [0.15, 0.2) is 12.0 Å². The number of carbonyl (C=O) groups is 2. The van der Waals surface area contributed by atoms with Crippen molar-refractivity contribution < 1.29 is 18.7 Å². The van der Waals surface area contributed by atoms with E-state index < -0.39 is 0 Å². The number of carbonyl (C=O) groups excluding carboxylic acids is 2. The van der Waals surface area contributed by atoms with Crippen molar-refractivity contribution >= 4 is 12.2 Å². The van der Waals surface area contributed by atoms with Gasteiger partial charge in [-0.25, -0.2) is 0 Å². The second-order valence-electron chi connectivity index (χ2n) is 3.94. The van der Waals surface area contributed by atoms with Crippen LogP contribution in [0.1, 0.15) is 16.3 Å². The monoisotopic (exact) mass is 254 g/mol. The Hall–Kier alpha value is -1.66. The van der Waals surface area contributed by atoms with Gasteiger partial charge < -0.3 is 14.5 Å². The first-order valence-corrected chi connectivity index (χ1v) is 5.63. The predicted octanol–water partition coefficient (Wildman–Crippen LogP) is 0.286. The molecule has 1 heterocycles. The molecule has 0 aliphatic heterocycles. The summed E-state index contributed by atoms with van der Waals surface area (Å²) in [7, 11) is 3.39. The van der Waals surface area contributed by atoms with Crippen molar-refractivity contribution in [3.63, 3.8) is 0 Å². The summed E-state index contributed by atoms with van der Waals surface area (Å²) in [4.78, 5) is 23.7. The third-order valence-corrected chi connectivity index (χ3v) is 2.27. The molecule has 1 amide bonds. The zero-order valence-electron chi connectivity index (χ0n) is 10.6. The van der Waals surface area contributed by atoms with Crippen molar-refractivity contribution in [1.82, 2.24) is 10.2 Å². The molecule has 0 fully saturated rings. The first-order chi connectivity index (χ1) is 8.65. The van der Waals surface area contributed by atoms with Crippen LogP contribution >= 0.6 is 0 Å². The van der Waals surface area contributed by atoms with Crippen LogP contribution in [-0.4, -0.2) is 50.9 Å². The molecule has 0 aliphatic rings. The summed E-state index contributed by atoms with van der Waals surface area (Å²) in [5, 5.41) is 2.72. The SMILES string of the molecule is COCCNC(=O)CN(C)Cc1ccc(C=O)o1. The fourth-order valence-corrected chi connectivity index (χ4v) is 1.46. The first-order valence-electron chi connectivity index (χ1n) is 5.63. The van der Waals surface area contributed by atoms with Gasteiger partial charge in [0.25, 0.3) is 0 Å². The van der Waals surface area contributed by atoms with Crippen LogP contribution in [0.3, 0.4) is 0 Å². The zero-order valence-corrected chi connectivity index (χ0v) is 10.6. The van der Waals surface area contributed by atoms with Crippen molar-refractivity contribution in [2.24, 2.45) is 0 Å². The maximum absolute atomic E-state index is 11.5. The van der Waals surface area contributed by atoms with E-state index >= 15 is 0 Å². The molecule has 0 spiro atoms. The highest BCUT2D eigenvalue weighted by Gasteiger charge is 2.09. The first kappa shape index (κ1) is 14.4. The minimum Gasteiger partial charge on any atom is -0.457 e. The average Bonchev–Trinajstić information content (AvgIpc) is 2.76. The van der Waals surface area contributed by atoms with Crippen LogP contribution < -0.4 is 5.32 Å². The molecule has 1 aromatic rings. The molecule has 1 N–H and O–H groups in total. The lowest BCUT2D eigenvalue weighted by Gasteiger charge is -2.14. The van der Waals surface area contributed by atoms with Crippen LogP contribution in [0.5, 0.6) is 0 Å². The second kappa shape index (κ2) is 7.62. The topological polar surface area (TPSA) is 71.8 Å². The van der Waals surface area contributed by atoms with Crippen molar-refractivity contribution in [3.05, 3.63) is 23.7 Å². The number of rotatable bonds is 8. The van der Waals surface area contributed by atoms with Crippen molar-refractivity contribution in [2.75, 3.05) is 33.9 Å². The number of nitrogens with zero attached hydrogens (tertiary/aromatic N) is 1. The van der Waals surface area contributed by atoms with Gasteiger partial charge in [-0.3, -0.25) is 14.5 Å². The minimum atomic E-state index is -0.0725. The summed E-state index contributed by atoms with van der Waals surface area (Å²) >= 11 is 0. The van der Waals surface area contributed by atoms with Crippen LogP contribution in [0, 0.1) is 0 Å². The Morgan fingerprint density at radius 2 is 2.33 bits per heavy atom. The molecule has 6 nitrogen and oxygen atoms in total. The number of methoxy groups -OCH3 is 1. The molecule has 0 saturated heterocycles. The fraction of sp³-hybridized carbons (Fsp3) is 0.500. The van der Waals surface area contributed by atoms with Crippen LogP contribution in [0.25, 0.3) is 0 Å². The van der Waals surface area contributed by atoms with E-state index in [1.807, 2.05) is 0 Å². The highest BCUT2D eigenvalue weighted by atomic mass is 16.5. The van der Waals surface area contributed by atoms with Crippen LogP contribution in [0.4, 0.5) is 0 Å². The highest BCUT2D eigenvalue weighted by Crippen LogP contribution is 2.07. The summed E-state index contributed by atoms with van der Waals surface area (Å²) in [6.07, 6.45) is 0.654. The average molecular weight is 254 g/mol. The van der Waals surface area contributed by atoms with Crippen molar-refractivity contribution in [2.45, 2.75) is 6.54 Å². The fourth-order valence-electron chi connectivity index (χ4n) is 1.46. The Balaban J connectivity index is 2.29. The lowest BCUT2D eigenvalue weighted by Crippen LogP contribution is -2.36. The molecule has 18 heavy (non-hydrogen) atoms. The molecule has 0 aliphatic carbocycles. The molecule has 0 unspecified atom stereocenters. The van der Waals surface area contributed by atoms with E-state index in [2.05, 4.69) is 5.32 Å². The van der Waals surface area contributed by atoms with Crippen molar-refractivity contribution in [1.29, 1.82) is 0 Å². The van der Waals surface area contributed by atoms with Gasteiger partial charge in [0, 0.05) is 13.7 Å². The molecule has 6 heteroatoms. The third-order valence-electron chi connectivity index (χ3n) is 2.27. The molecule has 100 valence electrons. The Morgan fingerprint density at radius 3 is 2.94 bits per heavy atom. The largest absolute Gasteiger partial charge is 0.457 e. The molecule has 0 radical (unpaired) electrons. The van der Waals surface area contributed by atoms with E-state index in [1.165, 1.54) is 0 Å². The minimum absolute atomic E-state index is 0.0725. The van der Waals surface area contributed by atoms with Gasteiger partial charge >= 0.3 is 0 Å². The highest BCUT2D eigenvalue weighted by molar-refractivity contribution is 5.77. The van der Waals surface area contributed by atoms with Gasteiger partial charge in [-0.1, -0.05) is 0 Å². The summed E-state index contributed by atoms with van der Waals surface area (Å²) in [6.45, 7) is 1.74. The number of aldehydes is 1. The Morgan fingerprint density at radius 1 is 1.56 bits per heavy atom. The Bertz CT molecular complexity index is 389. The van der Waals surface area contributed by atoms with Gasteiger partial charge in [-0.05, 0) is 19.2 Å². The van der Waals surface area contributed by atoms with E-state index in [0.717, 1.165) is 0 Å². The molecule has 1 rings (SSSR count). The Kier molecular flexibility index (Phi) is 6.10. The van der Waals surface area contributed by atoms with Gasteiger partial charge in [0.05, 0.1) is 19.7 Å². The summed E-state index contributed by atoms with van der Waals surface area (Å²) in [6, 6.07) is 3.33. The lowest BCUT2D eigenvalue weighted by atomic mass is 10.4. The normalized spacial score (nSPS) is 10.6. The van der Waals surface area contributed by atoms with Crippen molar-refractivity contribution in [3.8, 4) is 0 Å². The number of likely N-dealkylation sites (N-methyl/N-ethyl adjacent to an activating group) is 1. The third kappa shape index (κ3) is 5.11. The number of hydrogen-bond acceptors (Lipinski definition) is 5. The van der Waals surface area contributed by atoms with Crippen LogP contribution in [0.15, 0.2) is 16.5 Å². The number of nitrogens with one attached hydrogen (secondary N) is 1. The summed E-state index contributed by atoms with van der Waals surface area (Å²) in [5.74, 6) is 0.879. The summed E-state index contributed by atoms with van der Waals surface area (Å²) in [5.41, 5.74) is 0. The number of ether oxygens (including phenoxy) is 1. The van der Waals surface area contributed by atoms with Crippen LogP contribution in [0.2, 0.25) is 0 Å². The van der Waals surface area contributed by atoms with E-state index in [-0.39, 0.29) is 12.5 Å². The molecular weight excluding hydrogens is 236 g/mol. The van der Waals surface area contributed by atoms with E-state index in [9.17, 15) is 9.59 Å². The molecule has 0 saturated carbocycles. The summed E-state index contributed by atoms with van der Waals surface area (Å²) < 4.78 is 10.1. The molecule has 0 atom stereocenters. The van der Waals surface area contributed by atoms with Gasteiger partial charge in [0.1, 0.15) is 5.76 Å². The molecule has 1 aromatic heterocycles. The zero-order chi connectivity index (χ0) is 13.4. The van der Waals surface area contributed by atoms with Gasteiger partial charge in [-0.2, -0.15) is 0 Å². The van der Waals surface area contributed by atoms with Gasteiger partial charge in [0.2, 0.25) is 5.91 Å². The lowest BCUT2D eigenvalue weighted by molar-refractivity contribution is -0.122. The molecule has 0 aromatic carbocycles. The number of amides is 1. The van der Waals surface area contributed by atoms with E-state index in [4.69, 9.17) is 9.15 Å². The molecular formula is C12H18N2O4. The standard InChI is InChI=1S/C12H18N2O4/c1-14(8-12(16)13-5-6-17-2)7-10-3-4-11(9-15)18-10/h3-4,9H,5-8H2,1-2H3,(H,13,16). The predicted molar refractivity (Wildman–Crippen MR) is 65.3 cm³/mol. The van der Waals surface area contributed by atoms with E-state index in [0.29, 0.717) is 37.5 Å². The molecule has 0 bridgehead atoms. The number of hydrogen-bond donors (Lipinski definition) is 1. The van der Waals surface area contributed by atoms with Gasteiger partial charge in [-0.15, -0.1) is 0 Å². The maximum Gasteiger partial charge on any atom is 0.234 e. The Labute approximate surface area is 106 Å².